The van der Waals surface area contributed by atoms with Crippen molar-refractivity contribution in [3.05, 3.63) is 54.1 Å². The summed E-state index contributed by atoms with van der Waals surface area (Å²) in [5.41, 5.74) is 1.17. The van der Waals surface area contributed by atoms with Crippen LogP contribution >= 0.6 is 11.8 Å². The smallest absolute Gasteiger partial charge is 0.255 e. The standard InChI is InChI=1S/C20H24N2O3S2/c1-15-7-5-6-14-22(15)27(24,25)17-12-10-16(11-13-17)20(23)21-18-8-3-4-9-19(18)26-2/h3-4,8-13,15H,5-7,14H2,1-2H3,(H,21,23). The second-order valence-corrected chi connectivity index (χ2v) is 9.38. The van der Waals surface area contributed by atoms with Crippen molar-refractivity contribution in [2.24, 2.45) is 0 Å². The number of para-hydroxylation sites is 1. The van der Waals surface area contributed by atoms with Gasteiger partial charge in [-0.05, 0) is 62.4 Å². The number of nitrogens with zero attached hydrogens (tertiary/aromatic N) is 1. The number of hydrogen-bond donors (Lipinski definition) is 1. The van der Waals surface area contributed by atoms with Crippen LogP contribution in [-0.4, -0.2) is 37.5 Å². The van der Waals surface area contributed by atoms with E-state index in [4.69, 9.17) is 0 Å². The maximum absolute atomic E-state index is 12.9. The van der Waals surface area contributed by atoms with Gasteiger partial charge in [0.1, 0.15) is 0 Å². The lowest BCUT2D eigenvalue weighted by atomic mass is 10.1. The SMILES string of the molecule is CSc1ccccc1NC(=O)c1ccc(S(=O)(=O)N2CCCCC2C)cc1. The van der Waals surface area contributed by atoms with Gasteiger partial charge in [0.15, 0.2) is 0 Å². The van der Waals surface area contributed by atoms with Crippen LogP contribution in [0.5, 0.6) is 0 Å². The third-order valence-corrected chi connectivity index (χ3v) is 7.64. The average molecular weight is 405 g/mol. The van der Waals surface area contributed by atoms with Crippen molar-refractivity contribution in [2.45, 2.75) is 42.0 Å². The molecule has 1 aliphatic heterocycles. The van der Waals surface area contributed by atoms with E-state index in [1.165, 1.54) is 12.1 Å². The number of carbonyl (C=O) groups excluding carboxylic acids is 1. The zero-order chi connectivity index (χ0) is 19.4. The minimum absolute atomic E-state index is 0.00905. The number of anilines is 1. The molecule has 5 nitrogen and oxygen atoms in total. The van der Waals surface area contributed by atoms with Crippen LogP contribution in [0.15, 0.2) is 58.3 Å². The van der Waals surface area contributed by atoms with Gasteiger partial charge in [-0.15, -0.1) is 11.8 Å². The normalized spacial score (nSPS) is 18.2. The number of amides is 1. The number of piperidine rings is 1. The van der Waals surface area contributed by atoms with Crippen LogP contribution in [0, 0.1) is 0 Å². The van der Waals surface area contributed by atoms with E-state index in [1.807, 2.05) is 37.4 Å². The average Bonchev–Trinajstić information content (AvgIpc) is 2.68. The lowest BCUT2D eigenvalue weighted by molar-refractivity contribution is 0.102. The molecule has 1 N–H and O–H groups in total. The van der Waals surface area contributed by atoms with E-state index in [1.54, 1.807) is 28.2 Å². The van der Waals surface area contributed by atoms with Gasteiger partial charge in [-0.1, -0.05) is 18.6 Å². The van der Waals surface area contributed by atoms with E-state index in [2.05, 4.69) is 5.32 Å². The molecule has 0 bridgehead atoms. The molecular formula is C20H24N2O3S2. The number of sulfonamides is 1. The molecule has 3 rings (SSSR count). The van der Waals surface area contributed by atoms with Crippen LogP contribution in [0.1, 0.15) is 36.5 Å². The first-order chi connectivity index (χ1) is 12.9. The molecule has 1 atom stereocenters. The van der Waals surface area contributed by atoms with Crippen LogP contribution in [-0.2, 0) is 10.0 Å². The molecule has 1 fully saturated rings. The summed E-state index contributed by atoms with van der Waals surface area (Å²) in [7, 11) is -3.52. The molecule has 27 heavy (non-hydrogen) atoms. The van der Waals surface area contributed by atoms with Gasteiger partial charge in [-0.25, -0.2) is 8.42 Å². The fourth-order valence-corrected chi connectivity index (χ4v) is 5.54. The maximum atomic E-state index is 12.9. The highest BCUT2D eigenvalue weighted by atomic mass is 32.2. The van der Waals surface area contributed by atoms with E-state index in [0.717, 1.165) is 29.8 Å². The summed E-state index contributed by atoms with van der Waals surface area (Å²) in [4.78, 5) is 13.7. The number of thioether (sulfide) groups is 1. The van der Waals surface area contributed by atoms with Gasteiger partial charge in [0.2, 0.25) is 10.0 Å². The highest BCUT2D eigenvalue weighted by Gasteiger charge is 2.30. The number of benzene rings is 2. The molecule has 144 valence electrons. The van der Waals surface area contributed by atoms with Crippen molar-refractivity contribution in [3.63, 3.8) is 0 Å². The molecule has 1 aliphatic rings. The second-order valence-electron chi connectivity index (χ2n) is 6.64. The van der Waals surface area contributed by atoms with Gasteiger partial charge >= 0.3 is 0 Å². The second kappa shape index (κ2) is 8.46. The Hall–Kier alpha value is -1.83. The molecule has 1 amide bonds. The van der Waals surface area contributed by atoms with Crippen LogP contribution in [0.3, 0.4) is 0 Å². The van der Waals surface area contributed by atoms with Gasteiger partial charge in [-0.2, -0.15) is 4.31 Å². The van der Waals surface area contributed by atoms with Crippen molar-refractivity contribution in [1.29, 1.82) is 0 Å². The molecule has 0 saturated carbocycles. The molecule has 0 radical (unpaired) electrons. The van der Waals surface area contributed by atoms with Gasteiger partial charge in [0.25, 0.3) is 5.91 Å². The summed E-state index contributed by atoms with van der Waals surface area (Å²) in [5, 5.41) is 2.89. The zero-order valence-electron chi connectivity index (χ0n) is 15.5. The van der Waals surface area contributed by atoms with Crippen LogP contribution in [0.4, 0.5) is 5.69 Å². The van der Waals surface area contributed by atoms with E-state index < -0.39 is 10.0 Å². The Morgan fingerprint density at radius 3 is 2.48 bits per heavy atom. The Labute approximate surface area is 165 Å². The molecular weight excluding hydrogens is 380 g/mol. The molecule has 1 unspecified atom stereocenters. The molecule has 0 aromatic heterocycles. The lowest BCUT2D eigenvalue weighted by Gasteiger charge is -2.32. The Bertz CT molecular complexity index is 911. The number of carbonyl (C=O) groups is 1. The third-order valence-electron chi connectivity index (χ3n) is 4.82. The first-order valence-electron chi connectivity index (χ1n) is 9.00. The summed E-state index contributed by atoms with van der Waals surface area (Å²) in [6, 6.07) is 13.8. The summed E-state index contributed by atoms with van der Waals surface area (Å²) in [6.07, 6.45) is 4.78. The van der Waals surface area contributed by atoms with Crippen molar-refractivity contribution in [2.75, 3.05) is 18.1 Å². The van der Waals surface area contributed by atoms with Crippen molar-refractivity contribution < 1.29 is 13.2 Å². The van der Waals surface area contributed by atoms with Gasteiger partial charge in [0, 0.05) is 23.0 Å². The fraction of sp³-hybridized carbons (Fsp3) is 0.350. The Morgan fingerprint density at radius 1 is 1.11 bits per heavy atom. The monoisotopic (exact) mass is 404 g/mol. The van der Waals surface area contributed by atoms with E-state index in [-0.39, 0.29) is 16.8 Å². The fourth-order valence-electron chi connectivity index (χ4n) is 3.28. The quantitative estimate of drug-likeness (QED) is 0.758. The largest absolute Gasteiger partial charge is 0.321 e. The predicted molar refractivity (Wildman–Crippen MR) is 110 cm³/mol. The van der Waals surface area contributed by atoms with E-state index >= 15 is 0 Å². The number of hydrogen-bond acceptors (Lipinski definition) is 4. The van der Waals surface area contributed by atoms with Crippen molar-refractivity contribution in [1.82, 2.24) is 4.31 Å². The first kappa shape index (κ1) is 19.9. The van der Waals surface area contributed by atoms with Crippen LogP contribution < -0.4 is 5.32 Å². The molecule has 2 aromatic rings. The van der Waals surface area contributed by atoms with Crippen LogP contribution in [0.25, 0.3) is 0 Å². The highest BCUT2D eigenvalue weighted by molar-refractivity contribution is 7.98. The van der Waals surface area contributed by atoms with Gasteiger partial charge in [-0.3, -0.25) is 4.79 Å². The number of rotatable bonds is 5. The third kappa shape index (κ3) is 4.36. The molecule has 1 saturated heterocycles. The molecule has 0 spiro atoms. The Kier molecular flexibility index (Phi) is 6.24. The molecule has 7 heteroatoms. The topological polar surface area (TPSA) is 66.5 Å². The van der Waals surface area contributed by atoms with Gasteiger partial charge in [0.05, 0.1) is 10.6 Å². The molecule has 2 aromatic carbocycles. The zero-order valence-corrected chi connectivity index (χ0v) is 17.1. The predicted octanol–water partition coefficient (Wildman–Crippen LogP) is 4.22. The van der Waals surface area contributed by atoms with E-state index in [9.17, 15) is 13.2 Å². The minimum atomic E-state index is -3.52. The summed E-state index contributed by atoms with van der Waals surface area (Å²) >= 11 is 1.55. The lowest BCUT2D eigenvalue weighted by Crippen LogP contribution is -2.41. The highest BCUT2D eigenvalue weighted by Crippen LogP contribution is 2.27. The molecule has 0 aliphatic carbocycles. The molecule has 1 heterocycles. The summed E-state index contributed by atoms with van der Waals surface area (Å²) in [6.45, 7) is 2.50. The Balaban J connectivity index is 1.77. The Morgan fingerprint density at radius 2 is 1.81 bits per heavy atom. The summed E-state index contributed by atoms with van der Waals surface area (Å²) < 4.78 is 27.3. The van der Waals surface area contributed by atoms with E-state index in [0.29, 0.717) is 12.1 Å². The minimum Gasteiger partial charge on any atom is -0.321 e. The van der Waals surface area contributed by atoms with Gasteiger partial charge < -0.3 is 5.32 Å². The number of nitrogens with one attached hydrogen (secondary N) is 1. The van der Waals surface area contributed by atoms with Crippen LogP contribution in [0.2, 0.25) is 0 Å². The van der Waals surface area contributed by atoms with Crippen molar-refractivity contribution in [3.8, 4) is 0 Å². The summed E-state index contributed by atoms with van der Waals surface area (Å²) in [5.74, 6) is -0.258. The van der Waals surface area contributed by atoms with Crippen molar-refractivity contribution >= 4 is 33.4 Å². The first-order valence-corrected chi connectivity index (χ1v) is 11.7. The maximum Gasteiger partial charge on any atom is 0.255 e.